The summed E-state index contributed by atoms with van der Waals surface area (Å²) in [7, 11) is 0. The van der Waals surface area contributed by atoms with Crippen LogP contribution < -0.4 is 4.74 Å². The molecule has 1 aliphatic heterocycles. The quantitative estimate of drug-likeness (QED) is 0.623. The molecule has 1 unspecified atom stereocenters. The molecule has 17 heavy (non-hydrogen) atoms. The first-order valence-electron chi connectivity index (χ1n) is 5.55. The van der Waals surface area contributed by atoms with Crippen molar-refractivity contribution in [3.8, 4) is 5.75 Å². The number of halogens is 1. The molecule has 1 heterocycles. The summed E-state index contributed by atoms with van der Waals surface area (Å²) in [6, 6.07) is 9.58. The molecular weight excluding hydrogens is 258 g/mol. The van der Waals surface area contributed by atoms with E-state index < -0.39 is 0 Å². The molecule has 1 atom stereocenters. The van der Waals surface area contributed by atoms with Crippen LogP contribution in [0.15, 0.2) is 30.3 Å². The Morgan fingerprint density at radius 3 is 2.94 bits per heavy atom. The highest BCUT2D eigenvalue weighted by Crippen LogP contribution is 2.30. The fourth-order valence-electron chi connectivity index (χ4n) is 1.55. The van der Waals surface area contributed by atoms with E-state index in [9.17, 15) is 4.79 Å². The number of benzene rings is 1. The number of carbonyl (C=O) groups excluding carboxylic acids is 1. The van der Waals surface area contributed by atoms with Crippen molar-refractivity contribution in [2.75, 3.05) is 13.2 Å². The number of carbonyl (C=O) groups is 1. The largest absolute Gasteiger partial charge is 0.492 e. The maximum Gasteiger partial charge on any atom is 0.232 e. The first-order chi connectivity index (χ1) is 8.25. The summed E-state index contributed by atoms with van der Waals surface area (Å²) >= 11 is 7.40. The number of ether oxygens (including phenoxy) is 1. The summed E-state index contributed by atoms with van der Waals surface area (Å²) in [4.78, 5) is 11.6. The molecule has 0 aromatic heterocycles. The van der Waals surface area contributed by atoms with Gasteiger partial charge in [0.25, 0.3) is 0 Å². The van der Waals surface area contributed by atoms with E-state index in [0.717, 1.165) is 12.2 Å². The second-order valence-corrected chi connectivity index (χ2v) is 5.72. The van der Waals surface area contributed by atoms with Gasteiger partial charge in [0, 0.05) is 6.42 Å². The molecule has 1 saturated heterocycles. The second-order valence-electron chi connectivity index (χ2n) is 3.71. The predicted molar refractivity (Wildman–Crippen MR) is 70.1 cm³/mol. The molecular formula is C12H14ClNO2S. The second kappa shape index (κ2) is 6.17. The third-order valence-corrected chi connectivity index (χ3v) is 3.97. The molecule has 0 spiro atoms. The van der Waals surface area contributed by atoms with Gasteiger partial charge in [-0.3, -0.25) is 9.10 Å². The molecule has 2 rings (SSSR count). The Balaban J connectivity index is 1.76. The SMILES string of the molecule is O=C1CCC(Cl)SN1CCOc1ccccc1. The van der Waals surface area contributed by atoms with Gasteiger partial charge in [0.1, 0.15) is 12.4 Å². The van der Waals surface area contributed by atoms with Crippen LogP contribution in [0.1, 0.15) is 12.8 Å². The lowest BCUT2D eigenvalue weighted by atomic mass is 10.3. The average Bonchev–Trinajstić information content (AvgIpc) is 2.35. The van der Waals surface area contributed by atoms with Crippen molar-refractivity contribution in [3.63, 3.8) is 0 Å². The van der Waals surface area contributed by atoms with Gasteiger partial charge in [-0.15, -0.1) is 11.6 Å². The van der Waals surface area contributed by atoms with Crippen LogP contribution >= 0.6 is 23.5 Å². The molecule has 0 saturated carbocycles. The van der Waals surface area contributed by atoms with Gasteiger partial charge >= 0.3 is 0 Å². The van der Waals surface area contributed by atoms with Gasteiger partial charge in [0.05, 0.1) is 11.3 Å². The van der Waals surface area contributed by atoms with Crippen molar-refractivity contribution >= 4 is 29.5 Å². The van der Waals surface area contributed by atoms with Crippen LogP contribution in [0.25, 0.3) is 0 Å². The van der Waals surface area contributed by atoms with E-state index >= 15 is 0 Å². The Hall–Kier alpha value is -0.870. The van der Waals surface area contributed by atoms with Crippen molar-refractivity contribution in [1.82, 2.24) is 4.31 Å². The van der Waals surface area contributed by atoms with Crippen molar-refractivity contribution in [2.24, 2.45) is 0 Å². The lowest BCUT2D eigenvalue weighted by Crippen LogP contribution is -2.33. The molecule has 0 N–H and O–H groups in total. The molecule has 1 aromatic rings. The molecule has 1 fully saturated rings. The van der Waals surface area contributed by atoms with Crippen LogP contribution in [0.5, 0.6) is 5.75 Å². The smallest absolute Gasteiger partial charge is 0.232 e. The minimum Gasteiger partial charge on any atom is -0.492 e. The Bertz CT molecular complexity index is 374. The summed E-state index contributed by atoms with van der Waals surface area (Å²) in [5, 5.41) is 0. The Morgan fingerprint density at radius 1 is 1.41 bits per heavy atom. The standard InChI is InChI=1S/C12H14ClNO2S/c13-11-6-7-12(15)14(17-11)8-9-16-10-4-2-1-3-5-10/h1-5,11H,6-9H2. The van der Waals surface area contributed by atoms with Crippen molar-refractivity contribution in [3.05, 3.63) is 30.3 Å². The third kappa shape index (κ3) is 3.82. The number of nitrogens with zero attached hydrogens (tertiary/aromatic N) is 1. The van der Waals surface area contributed by atoms with Crippen molar-refractivity contribution < 1.29 is 9.53 Å². The Morgan fingerprint density at radius 2 is 2.18 bits per heavy atom. The van der Waals surface area contributed by atoms with Gasteiger partial charge in [-0.1, -0.05) is 18.2 Å². The Labute approximate surface area is 110 Å². The maximum atomic E-state index is 11.6. The highest BCUT2D eigenvalue weighted by Gasteiger charge is 2.24. The van der Waals surface area contributed by atoms with E-state index in [1.807, 2.05) is 30.3 Å². The molecule has 1 aromatic carbocycles. The van der Waals surface area contributed by atoms with E-state index in [1.54, 1.807) is 4.31 Å². The molecule has 1 amide bonds. The van der Waals surface area contributed by atoms with Crippen LogP contribution in [0.4, 0.5) is 0 Å². The van der Waals surface area contributed by atoms with Gasteiger partial charge in [-0.25, -0.2) is 0 Å². The Kier molecular flexibility index (Phi) is 4.57. The lowest BCUT2D eigenvalue weighted by molar-refractivity contribution is -0.126. The zero-order chi connectivity index (χ0) is 12.1. The number of alkyl halides is 1. The summed E-state index contributed by atoms with van der Waals surface area (Å²) in [5.74, 6) is 0.966. The van der Waals surface area contributed by atoms with E-state index in [-0.39, 0.29) is 10.6 Å². The van der Waals surface area contributed by atoms with Crippen LogP contribution in [-0.2, 0) is 4.79 Å². The first-order valence-corrected chi connectivity index (χ1v) is 6.82. The van der Waals surface area contributed by atoms with E-state index in [4.69, 9.17) is 16.3 Å². The first kappa shape index (κ1) is 12.6. The molecule has 0 aliphatic carbocycles. The fraction of sp³-hybridized carbons (Fsp3) is 0.417. The summed E-state index contributed by atoms with van der Waals surface area (Å²) in [6.45, 7) is 1.06. The average molecular weight is 272 g/mol. The molecule has 1 aliphatic rings. The molecule has 92 valence electrons. The van der Waals surface area contributed by atoms with Crippen LogP contribution in [0, 0.1) is 0 Å². The summed E-state index contributed by atoms with van der Waals surface area (Å²) < 4.78 is 7.24. The monoisotopic (exact) mass is 271 g/mol. The van der Waals surface area contributed by atoms with Crippen molar-refractivity contribution in [1.29, 1.82) is 0 Å². The zero-order valence-electron chi connectivity index (χ0n) is 9.34. The maximum absolute atomic E-state index is 11.6. The fourth-order valence-corrected chi connectivity index (χ4v) is 2.84. The van der Waals surface area contributed by atoms with Gasteiger partial charge in [-0.05, 0) is 30.5 Å². The number of para-hydroxylation sites is 1. The van der Waals surface area contributed by atoms with E-state index in [0.29, 0.717) is 19.6 Å². The van der Waals surface area contributed by atoms with E-state index in [1.165, 1.54) is 11.9 Å². The highest BCUT2D eigenvalue weighted by atomic mass is 35.5. The van der Waals surface area contributed by atoms with Gasteiger partial charge in [-0.2, -0.15) is 0 Å². The van der Waals surface area contributed by atoms with Gasteiger partial charge < -0.3 is 4.74 Å². The normalized spacial score (nSPS) is 20.4. The lowest BCUT2D eigenvalue weighted by Gasteiger charge is -2.28. The number of hydrogen-bond donors (Lipinski definition) is 0. The third-order valence-electron chi connectivity index (χ3n) is 2.41. The van der Waals surface area contributed by atoms with Crippen LogP contribution in [0.2, 0.25) is 0 Å². The minimum atomic E-state index is 0.00410. The number of rotatable bonds is 4. The summed E-state index contributed by atoms with van der Waals surface area (Å²) in [6.07, 6.45) is 1.29. The number of hydrogen-bond acceptors (Lipinski definition) is 3. The molecule has 0 radical (unpaired) electrons. The number of amides is 1. The van der Waals surface area contributed by atoms with E-state index in [2.05, 4.69) is 0 Å². The molecule has 3 nitrogen and oxygen atoms in total. The van der Waals surface area contributed by atoms with Crippen molar-refractivity contribution in [2.45, 2.75) is 17.6 Å². The topological polar surface area (TPSA) is 29.5 Å². The van der Waals surface area contributed by atoms with Gasteiger partial charge in [0.2, 0.25) is 5.91 Å². The van der Waals surface area contributed by atoms with Crippen LogP contribution in [-0.4, -0.2) is 28.1 Å². The predicted octanol–water partition coefficient (Wildman–Crippen LogP) is 2.90. The minimum absolute atomic E-state index is 0.00410. The van der Waals surface area contributed by atoms with Gasteiger partial charge in [0.15, 0.2) is 0 Å². The zero-order valence-corrected chi connectivity index (χ0v) is 10.9. The van der Waals surface area contributed by atoms with Crippen LogP contribution in [0.3, 0.4) is 0 Å². The molecule has 5 heteroatoms. The summed E-state index contributed by atoms with van der Waals surface area (Å²) in [5.41, 5.74) is 0. The molecule has 0 bridgehead atoms. The highest BCUT2D eigenvalue weighted by molar-refractivity contribution is 7.99.